The van der Waals surface area contributed by atoms with Crippen molar-refractivity contribution in [2.75, 3.05) is 6.61 Å². The van der Waals surface area contributed by atoms with E-state index < -0.39 is 25.0 Å². The van der Waals surface area contributed by atoms with Crippen molar-refractivity contribution in [1.29, 1.82) is 0 Å². The first-order valence-corrected chi connectivity index (χ1v) is 5.43. The third kappa shape index (κ3) is 4.97. The standard InChI is InChI=1S/C11H11F4NOS/c12-9-2-1-7(5-8(9)10(16)18)6-17-4-3-11(13,14)15/h1-2,5H,3-4,6H2,(H2,16,18). The van der Waals surface area contributed by atoms with Gasteiger partial charge in [0.2, 0.25) is 0 Å². The Bertz CT molecular complexity index is 434. The molecular weight excluding hydrogens is 270 g/mol. The van der Waals surface area contributed by atoms with Crippen LogP contribution in [0.25, 0.3) is 0 Å². The van der Waals surface area contributed by atoms with Gasteiger partial charge >= 0.3 is 6.18 Å². The highest BCUT2D eigenvalue weighted by Crippen LogP contribution is 2.19. The SMILES string of the molecule is NC(=S)c1cc(COCCC(F)(F)F)ccc1F. The Kier molecular flexibility index (Phi) is 5.03. The predicted octanol–water partition coefficient (Wildman–Crippen LogP) is 2.93. The summed E-state index contributed by atoms with van der Waals surface area (Å²) in [4.78, 5) is -0.107. The first-order valence-electron chi connectivity index (χ1n) is 5.02. The van der Waals surface area contributed by atoms with Crippen LogP contribution in [0.15, 0.2) is 18.2 Å². The minimum absolute atomic E-state index is 0.0496. The molecule has 0 radical (unpaired) electrons. The quantitative estimate of drug-likeness (QED) is 0.512. The minimum atomic E-state index is -4.24. The summed E-state index contributed by atoms with van der Waals surface area (Å²) in [6, 6.07) is 3.92. The third-order valence-electron chi connectivity index (χ3n) is 2.09. The molecule has 1 aromatic rings. The maximum absolute atomic E-state index is 13.2. The average Bonchev–Trinajstić information content (AvgIpc) is 2.24. The maximum Gasteiger partial charge on any atom is 0.391 e. The molecule has 0 atom stereocenters. The number of halogens is 4. The molecule has 0 aliphatic heterocycles. The molecule has 0 saturated heterocycles. The second-order valence-electron chi connectivity index (χ2n) is 3.60. The Morgan fingerprint density at radius 3 is 2.56 bits per heavy atom. The lowest BCUT2D eigenvalue weighted by Gasteiger charge is -2.08. The van der Waals surface area contributed by atoms with Crippen LogP contribution in [0.2, 0.25) is 0 Å². The topological polar surface area (TPSA) is 35.2 Å². The molecule has 100 valence electrons. The van der Waals surface area contributed by atoms with Gasteiger partial charge in [-0.3, -0.25) is 0 Å². The van der Waals surface area contributed by atoms with Crippen LogP contribution < -0.4 is 5.73 Å². The molecular formula is C11H11F4NOS. The van der Waals surface area contributed by atoms with Gasteiger partial charge in [-0.2, -0.15) is 13.2 Å². The monoisotopic (exact) mass is 281 g/mol. The first kappa shape index (κ1) is 14.8. The van der Waals surface area contributed by atoms with Crippen LogP contribution >= 0.6 is 12.2 Å². The molecule has 7 heteroatoms. The van der Waals surface area contributed by atoms with Crippen molar-refractivity contribution >= 4 is 17.2 Å². The van der Waals surface area contributed by atoms with Crippen LogP contribution in [-0.4, -0.2) is 17.8 Å². The summed E-state index contributed by atoms with van der Waals surface area (Å²) < 4.78 is 53.6. The fourth-order valence-corrected chi connectivity index (χ4v) is 1.39. The normalized spacial score (nSPS) is 11.6. The molecule has 0 saturated carbocycles. The van der Waals surface area contributed by atoms with Crippen molar-refractivity contribution < 1.29 is 22.3 Å². The Morgan fingerprint density at radius 2 is 2.00 bits per heavy atom. The van der Waals surface area contributed by atoms with Crippen molar-refractivity contribution in [3.63, 3.8) is 0 Å². The molecule has 0 unspecified atom stereocenters. The van der Waals surface area contributed by atoms with Crippen LogP contribution in [0.4, 0.5) is 17.6 Å². The van der Waals surface area contributed by atoms with Crippen LogP contribution in [0.1, 0.15) is 17.5 Å². The number of nitrogens with two attached hydrogens (primary N) is 1. The van der Waals surface area contributed by atoms with Crippen LogP contribution in [0.3, 0.4) is 0 Å². The van der Waals surface area contributed by atoms with E-state index in [1.807, 2.05) is 0 Å². The Balaban J connectivity index is 2.53. The zero-order chi connectivity index (χ0) is 13.8. The van der Waals surface area contributed by atoms with Gasteiger partial charge in [0.1, 0.15) is 10.8 Å². The lowest BCUT2D eigenvalue weighted by molar-refractivity contribution is -0.146. The van der Waals surface area contributed by atoms with Gasteiger partial charge in [-0.05, 0) is 17.7 Å². The van der Waals surface area contributed by atoms with Gasteiger partial charge < -0.3 is 10.5 Å². The number of rotatable bonds is 5. The molecule has 1 rings (SSSR count). The van der Waals surface area contributed by atoms with Gasteiger partial charge in [0, 0.05) is 5.56 Å². The zero-order valence-corrected chi connectivity index (χ0v) is 10.1. The van der Waals surface area contributed by atoms with Crippen molar-refractivity contribution in [3.8, 4) is 0 Å². The molecule has 0 bridgehead atoms. The fraction of sp³-hybridized carbons (Fsp3) is 0.364. The summed E-state index contributed by atoms with van der Waals surface area (Å²) in [5.74, 6) is -0.568. The van der Waals surface area contributed by atoms with Crippen LogP contribution in [0, 0.1) is 5.82 Å². The smallest absolute Gasteiger partial charge is 0.389 e. The molecule has 0 spiro atoms. The van der Waals surface area contributed by atoms with Crippen molar-refractivity contribution in [2.45, 2.75) is 19.2 Å². The number of hydrogen-bond donors (Lipinski definition) is 1. The van der Waals surface area contributed by atoms with Crippen molar-refractivity contribution in [2.24, 2.45) is 5.73 Å². The number of hydrogen-bond acceptors (Lipinski definition) is 2. The summed E-state index contributed by atoms with van der Waals surface area (Å²) in [5.41, 5.74) is 5.87. The number of alkyl halides is 3. The number of thiocarbonyl (C=S) groups is 1. The Morgan fingerprint density at radius 1 is 1.33 bits per heavy atom. The maximum atomic E-state index is 13.2. The Hall–Kier alpha value is -1.21. The van der Waals surface area contributed by atoms with Gasteiger partial charge in [0.15, 0.2) is 0 Å². The van der Waals surface area contributed by atoms with E-state index in [9.17, 15) is 17.6 Å². The predicted molar refractivity (Wildman–Crippen MR) is 62.6 cm³/mol. The van der Waals surface area contributed by atoms with Gasteiger partial charge in [-0.1, -0.05) is 18.3 Å². The lowest BCUT2D eigenvalue weighted by atomic mass is 10.1. The second kappa shape index (κ2) is 6.10. The average molecular weight is 281 g/mol. The third-order valence-corrected chi connectivity index (χ3v) is 2.31. The van der Waals surface area contributed by atoms with Gasteiger partial charge in [0.25, 0.3) is 0 Å². The summed E-state index contributed by atoms with van der Waals surface area (Å²) in [5, 5.41) is 0. The lowest BCUT2D eigenvalue weighted by Crippen LogP contribution is -2.13. The molecule has 0 aromatic heterocycles. The number of benzene rings is 1. The van der Waals surface area contributed by atoms with Crippen molar-refractivity contribution in [1.82, 2.24) is 0 Å². The van der Waals surface area contributed by atoms with E-state index in [1.54, 1.807) is 0 Å². The minimum Gasteiger partial charge on any atom is -0.389 e. The molecule has 2 nitrogen and oxygen atoms in total. The number of ether oxygens (including phenoxy) is 1. The highest BCUT2D eigenvalue weighted by Gasteiger charge is 2.26. The molecule has 0 fully saturated rings. The van der Waals surface area contributed by atoms with Gasteiger partial charge in [-0.15, -0.1) is 0 Å². The van der Waals surface area contributed by atoms with Crippen LogP contribution in [-0.2, 0) is 11.3 Å². The highest BCUT2D eigenvalue weighted by molar-refractivity contribution is 7.80. The van der Waals surface area contributed by atoms with Gasteiger partial charge in [0.05, 0.1) is 19.6 Å². The first-order chi connectivity index (χ1) is 8.29. The summed E-state index contributed by atoms with van der Waals surface area (Å²) in [6.07, 6.45) is -5.26. The van der Waals surface area contributed by atoms with E-state index in [1.165, 1.54) is 12.1 Å². The van der Waals surface area contributed by atoms with E-state index in [0.29, 0.717) is 5.56 Å². The summed E-state index contributed by atoms with van der Waals surface area (Å²) >= 11 is 4.64. The largest absolute Gasteiger partial charge is 0.391 e. The molecule has 1 aromatic carbocycles. The zero-order valence-electron chi connectivity index (χ0n) is 9.26. The van der Waals surface area contributed by atoms with Crippen molar-refractivity contribution in [3.05, 3.63) is 35.1 Å². The molecule has 0 amide bonds. The van der Waals surface area contributed by atoms with E-state index in [4.69, 9.17) is 10.5 Å². The molecule has 0 heterocycles. The Labute approximate surface area is 107 Å². The van der Waals surface area contributed by atoms with Gasteiger partial charge in [-0.25, -0.2) is 4.39 Å². The highest BCUT2D eigenvalue weighted by atomic mass is 32.1. The van der Waals surface area contributed by atoms with Crippen LogP contribution in [0.5, 0.6) is 0 Å². The second-order valence-corrected chi connectivity index (χ2v) is 4.04. The summed E-state index contributed by atoms with van der Waals surface area (Å²) in [6.45, 7) is -0.491. The van der Waals surface area contributed by atoms with E-state index in [-0.39, 0.29) is 17.2 Å². The van der Waals surface area contributed by atoms with E-state index in [0.717, 1.165) is 6.07 Å². The van der Waals surface area contributed by atoms with E-state index >= 15 is 0 Å². The molecule has 0 aliphatic rings. The molecule has 2 N–H and O–H groups in total. The van der Waals surface area contributed by atoms with E-state index in [2.05, 4.69) is 12.2 Å². The molecule has 0 aliphatic carbocycles. The summed E-state index contributed by atoms with van der Waals surface area (Å²) in [7, 11) is 0. The fourth-order valence-electron chi connectivity index (χ4n) is 1.23. The molecule has 18 heavy (non-hydrogen) atoms.